The summed E-state index contributed by atoms with van der Waals surface area (Å²) in [4.78, 5) is 14.3. The number of ether oxygens (including phenoxy) is 1. The fraction of sp³-hybridized carbons (Fsp3) is 0.562. The maximum Gasteiger partial charge on any atom is 0.225 e. The summed E-state index contributed by atoms with van der Waals surface area (Å²) in [6.45, 7) is 7.19. The first-order valence-corrected chi connectivity index (χ1v) is 7.37. The van der Waals surface area contributed by atoms with Crippen LogP contribution in [-0.4, -0.2) is 43.1 Å². The molecule has 1 amide bonds. The van der Waals surface area contributed by atoms with Gasteiger partial charge in [0.05, 0.1) is 6.61 Å². The van der Waals surface area contributed by atoms with Gasteiger partial charge in [-0.3, -0.25) is 4.79 Å². The number of amides is 1. The number of hydrogen-bond acceptors (Lipinski definition) is 3. The van der Waals surface area contributed by atoms with Crippen LogP contribution >= 0.6 is 12.4 Å². The fourth-order valence-corrected chi connectivity index (χ4v) is 2.44. The number of rotatable bonds is 5. The molecule has 4 nitrogen and oxygen atoms in total. The molecule has 0 saturated carbocycles. The van der Waals surface area contributed by atoms with Crippen LogP contribution in [0.3, 0.4) is 0 Å². The second kappa shape index (κ2) is 8.90. The lowest BCUT2D eigenvalue weighted by Crippen LogP contribution is -2.52. The molecule has 0 aliphatic carbocycles. The van der Waals surface area contributed by atoms with Crippen molar-refractivity contribution in [1.29, 1.82) is 0 Å². The summed E-state index contributed by atoms with van der Waals surface area (Å²) in [6.07, 6.45) is 0.756. The van der Waals surface area contributed by atoms with Gasteiger partial charge in [-0.1, -0.05) is 25.1 Å². The number of carbonyl (C=O) groups is 1. The lowest BCUT2D eigenvalue weighted by molar-refractivity contribution is -0.136. The Morgan fingerprint density at radius 3 is 2.81 bits per heavy atom. The third-order valence-corrected chi connectivity index (χ3v) is 3.66. The highest BCUT2D eigenvalue weighted by molar-refractivity contribution is 5.85. The van der Waals surface area contributed by atoms with E-state index in [1.54, 1.807) is 0 Å². The monoisotopic (exact) mass is 312 g/mol. The molecule has 1 heterocycles. The number of piperazine rings is 1. The van der Waals surface area contributed by atoms with Crippen molar-refractivity contribution < 1.29 is 9.53 Å². The summed E-state index contributed by atoms with van der Waals surface area (Å²) in [5.74, 6) is 1.13. The smallest absolute Gasteiger partial charge is 0.225 e. The molecule has 1 N–H and O–H groups in total. The average molecular weight is 313 g/mol. The van der Waals surface area contributed by atoms with Crippen LogP contribution in [0.15, 0.2) is 30.3 Å². The topological polar surface area (TPSA) is 41.6 Å². The van der Waals surface area contributed by atoms with Gasteiger partial charge >= 0.3 is 0 Å². The van der Waals surface area contributed by atoms with Crippen LogP contribution in [0.25, 0.3) is 0 Å². The molecule has 0 aromatic heterocycles. The van der Waals surface area contributed by atoms with Crippen molar-refractivity contribution in [2.75, 3.05) is 26.2 Å². The third kappa shape index (κ3) is 5.56. The minimum absolute atomic E-state index is 0. The minimum atomic E-state index is 0. The molecule has 1 aliphatic heterocycles. The summed E-state index contributed by atoms with van der Waals surface area (Å²) < 4.78 is 5.65. The molecule has 1 fully saturated rings. The molecular formula is C16H25ClN2O2. The zero-order chi connectivity index (χ0) is 14.4. The summed E-state index contributed by atoms with van der Waals surface area (Å²) >= 11 is 0. The molecule has 118 valence electrons. The second-order valence-electron chi connectivity index (χ2n) is 5.49. The Labute approximate surface area is 133 Å². The molecule has 1 saturated heterocycles. The van der Waals surface area contributed by atoms with Gasteiger partial charge in [-0.05, 0) is 25.5 Å². The van der Waals surface area contributed by atoms with Gasteiger partial charge in [0.25, 0.3) is 0 Å². The summed E-state index contributed by atoms with van der Waals surface area (Å²) in [5, 5.41) is 3.35. The standard InChI is InChI=1S/C16H24N2O2.ClH/c1-13(8-11-20-15-6-4-3-5-7-15)16(19)18-10-9-17-14(2)12-18;/h3-7,13-14,17H,8-12H2,1-2H3;1H. The highest BCUT2D eigenvalue weighted by Crippen LogP contribution is 2.13. The Kier molecular flexibility index (Phi) is 7.54. The van der Waals surface area contributed by atoms with Crippen molar-refractivity contribution in [3.63, 3.8) is 0 Å². The van der Waals surface area contributed by atoms with E-state index in [0.717, 1.165) is 31.8 Å². The molecule has 2 rings (SSSR count). The van der Waals surface area contributed by atoms with E-state index in [1.807, 2.05) is 42.2 Å². The van der Waals surface area contributed by atoms with Crippen LogP contribution in [0.5, 0.6) is 5.75 Å². The quantitative estimate of drug-likeness (QED) is 0.907. The molecule has 0 radical (unpaired) electrons. The van der Waals surface area contributed by atoms with E-state index in [1.165, 1.54) is 0 Å². The van der Waals surface area contributed by atoms with Crippen molar-refractivity contribution in [3.8, 4) is 5.75 Å². The van der Waals surface area contributed by atoms with Crippen LogP contribution in [-0.2, 0) is 4.79 Å². The van der Waals surface area contributed by atoms with Gasteiger partial charge in [-0.25, -0.2) is 0 Å². The normalized spacial score (nSPS) is 19.5. The predicted octanol–water partition coefficient (Wildman–Crippen LogP) is 2.33. The first-order valence-electron chi connectivity index (χ1n) is 7.37. The molecule has 0 spiro atoms. The van der Waals surface area contributed by atoms with E-state index in [2.05, 4.69) is 12.2 Å². The highest BCUT2D eigenvalue weighted by atomic mass is 35.5. The van der Waals surface area contributed by atoms with Gasteiger partial charge < -0.3 is 15.0 Å². The second-order valence-corrected chi connectivity index (χ2v) is 5.49. The lowest BCUT2D eigenvalue weighted by atomic mass is 10.1. The van der Waals surface area contributed by atoms with E-state index in [9.17, 15) is 4.79 Å². The predicted molar refractivity (Wildman–Crippen MR) is 87.0 cm³/mol. The van der Waals surface area contributed by atoms with Gasteiger partial charge in [0.1, 0.15) is 5.75 Å². The van der Waals surface area contributed by atoms with Gasteiger partial charge in [0.15, 0.2) is 0 Å². The highest BCUT2D eigenvalue weighted by Gasteiger charge is 2.24. The molecule has 1 aromatic rings. The largest absolute Gasteiger partial charge is 0.494 e. The molecule has 2 atom stereocenters. The molecule has 1 aliphatic rings. The number of halogens is 1. The van der Waals surface area contributed by atoms with Gasteiger partial charge in [-0.15, -0.1) is 12.4 Å². The summed E-state index contributed by atoms with van der Waals surface area (Å²) in [7, 11) is 0. The zero-order valence-corrected chi connectivity index (χ0v) is 13.6. The van der Waals surface area contributed by atoms with Crippen LogP contribution in [0.2, 0.25) is 0 Å². The van der Waals surface area contributed by atoms with Crippen molar-refractivity contribution >= 4 is 18.3 Å². The first-order chi connectivity index (χ1) is 9.66. The van der Waals surface area contributed by atoms with Gasteiger partial charge in [0, 0.05) is 31.6 Å². The minimum Gasteiger partial charge on any atom is -0.494 e. The van der Waals surface area contributed by atoms with E-state index in [4.69, 9.17) is 4.74 Å². The van der Waals surface area contributed by atoms with E-state index in [-0.39, 0.29) is 24.2 Å². The molecule has 5 heteroatoms. The molecule has 21 heavy (non-hydrogen) atoms. The Morgan fingerprint density at radius 2 is 2.14 bits per heavy atom. The van der Waals surface area contributed by atoms with E-state index >= 15 is 0 Å². The summed E-state index contributed by atoms with van der Waals surface area (Å²) in [6, 6.07) is 10.1. The first kappa shape index (κ1) is 17.8. The van der Waals surface area contributed by atoms with Crippen molar-refractivity contribution in [3.05, 3.63) is 30.3 Å². The number of benzene rings is 1. The average Bonchev–Trinajstić information content (AvgIpc) is 2.47. The molecule has 0 bridgehead atoms. The van der Waals surface area contributed by atoms with Crippen LogP contribution in [0, 0.1) is 5.92 Å². The Hall–Kier alpha value is -1.26. The number of nitrogens with one attached hydrogen (secondary N) is 1. The zero-order valence-electron chi connectivity index (χ0n) is 12.7. The SMILES string of the molecule is CC1CN(C(=O)C(C)CCOc2ccccc2)CCN1.Cl. The molecule has 1 aromatic carbocycles. The number of hydrogen-bond donors (Lipinski definition) is 1. The molecule has 2 unspecified atom stereocenters. The van der Waals surface area contributed by atoms with Crippen molar-refractivity contribution in [2.45, 2.75) is 26.3 Å². The Morgan fingerprint density at radius 1 is 1.43 bits per heavy atom. The van der Waals surface area contributed by atoms with E-state index in [0.29, 0.717) is 12.6 Å². The van der Waals surface area contributed by atoms with Crippen LogP contribution in [0.1, 0.15) is 20.3 Å². The van der Waals surface area contributed by atoms with Crippen LogP contribution < -0.4 is 10.1 Å². The maximum absolute atomic E-state index is 12.3. The fourth-order valence-electron chi connectivity index (χ4n) is 2.44. The maximum atomic E-state index is 12.3. The summed E-state index contributed by atoms with van der Waals surface area (Å²) in [5.41, 5.74) is 0. The Balaban J connectivity index is 0.00000220. The van der Waals surface area contributed by atoms with Gasteiger partial charge in [0.2, 0.25) is 5.91 Å². The van der Waals surface area contributed by atoms with Crippen LogP contribution in [0.4, 0.5) is 0 Å². The number of para-hydroxylation sites is 1. The number of carbonyl (C=O) groups excluding carboxylic acids is 1. The third-order valence-electron chi connectivity index (χ3n) is 3.66. The van der Waals surface area contributed by atoms with Crippen molar-refractivity contribution in [1.82, 2.24) is 10.2 Å². The lowest BCUT2D eigenvalue weighted by Gasteiger charge is -2.33. The van der Waals surface area contributed by atoms with Crippen molar-refractivity contribution in [2.24, 2.45) is 5.92 Å². The molecular weight excluding hydrogens is 288 g/mol. The van der Waals surface area contributed by atoms with E-state index < -0.39 is 0 Å². The van der Waals surface area contributed by atoms with Gasteiger partial charge in [-0.2, -0.15) is 0 Å². The number of nitrogens with zero attached hydrogens (tertiary/aromatic N) is 1. The Bertz CT molecular complexity index is 428.